The Labute approximate surface area is 149 Å². The molecule has 1 saturated heterocycles. The minimum Gasteiger partial charge on any atom is -0.381 e. The summed E-state index contributed by atoms with van der Waals surface area (Å²) in [6, 6.07) is 4.74. The van der Waals surface area contributed by atoms with Crippen molar-refractivity contribution in [1.82, 2.24) is 19.7 Å². The molecule has 0 amide bonds. The highest BCUT2D eigenvalue weighted by atomic mass is 16.5. The van der Waals surface area contributed by atoms with Crippen molar-refractivity contribution < 1.29 is 4.74 Å². The summed E-state index contributed by atoms with van der Waals surface area (Å²) in [7, 11) is 2.16. The van der Waals surface area contributed by atoms with Crippen LogP contribution in [0.5, 0.6) is 0 Å². The Kier molecular flexibility index (Phi) is 4.97. The van der Waals surface area contributed by atoms with Gasteiger partial charge in [-0.3, -0.25) is 9.55 Å². The van der Waals surface area contributed by atoms with Gasteiger partial charge < -0.3 is 9.64 Å². The van der Waals surface area contributed by atoms with Gasteiger partial charge in [-0.1, -0.05) is 6.07 Å². The van der Waals surface area contributed by atoms with Crippen LogP contribution in [-0.4, -0.2) is 46.1 Å². The summed E-state index contributed by atoms with van der Waals surface area (Å²) in [5.74, 6) is 2.46. The molecule has 2 aromatic heterocycles. The zero-order chi connectivity index (χ0) is 17.1. The second-order valence-corrected chi connectivity index (χ2v) is 7.23. The number of hydrogen-bond acceptors (Lipinski definition) is 5. The maximum atomic E-state index is 5.70. The van der Waals surface area contributed by atoms with Crippen molar-refractivity contribution in [2.45, 2.75) is 57.0 Å². The molecule has 0 spiro atoms. The van der Waals surface area contributed by atoms with Gasteiger partial charge >= 0.3 is 0 Å². The van der Waals surface area contributed by atoms with Crippen molar-refractivity contribution in [3.63, 3.8) is 0 Å². The van der Waals surface area contributed by atoms with E-state index in [0.717, 1.165) is 50.8 Å². The molecule has 1 aliphatic heterocycles. The molecule has 2 aromatic rings. The Morgan fingerprint density at radius 3 is 2.84 bits per heavy atom. The van der Waals surface area contributed by atoms with Crippen molar-refractivity contribution in [1.29, 1.82) is 0 Å². The van der Waals surface area contributed by atoms with Gasteiger partial charge in [0.15, 0.2) is 0 Å². The van der Waals surface area contributed by atoms with E-state index in [0.29, 0.717) is 12.0 Å². The summed E-state index contributed by atoms with van der Waals surface area (Å²) in [6.07, 6.45) is 10.8. The first kappa shape index (κ1) is 16.5. The summed E-state index contributed by atoms with van der Waals surface area (Å²) in [6.45, 7) is 2.52. The quantitative estimate of drug-likeness (QED) is 0.809. The molecule has 4 rings (SSSR count). The molecule has 1 saturated carbocycles. The molecule has 0 radical (unpaired) electrons. The standard InChI is InChI=1S/C19H27N5O/c1-23(17-7-2-8-17)19-22-21-18(16-6-4-12-25-14-16)24(19)11-9-15-5-3-10-20-13-15/h3,5,10,13,16-17H,2,4,6-9,11-12,14H2,1H3. The fraction of sp³-hybridized carbons (Fsp3) is 0.632. The van der Waals surface area contributed by atoms with Gasteiger partial charge in [-0.2, -0.15) is 0 Å². The molecule has 2 aliphatic rings. The maximum Gasteiger partial charge on any atom is 0.227 e. The molecule has 0 bridgehead atoms. The lowest BCUT2D eigenvalue weighted by atomic mass is 9.92. The topological polar surface area (TPSA) is 56.1 Å². The number of nitrogens with zero attached hydrogens (tertiary/aromatic N) is 5. The summed E-state index contributed by atoms with van der Waals surface area (Å²) in [4.78, 5) is 6.56. The van der Waals surface area contributed by atoms with Crippen LogP contribution in [0.15, 0.2) is 24.5 Å². The predicted octanol–water partition coefficient (Wildman–Crippen LogP) is 2.80. The van der Waals surface area contributed by atoms with Crippen LogP contribution in [0.3, 0.4) is 0 Å². The third-order valence-electron chi connectivity index (χ3n) is 5.57. The smallest absolute Gasteiger partial charge is 0.227 e. The van der Waals surface area contributed by atoms with Crippen molar-refractivity contribution in [2.75, 3.05) is 25.2 Å². The first-order chi connectivity index (χ1) is 12.3. The van der Waals surface area contributed by atoms with Crippen molar-refractivity contribution in [3.05, 3.63) is 35.9 Å². The largest absolute Gasteiger partial charge is 0.381 e. The second-order valence-electron chi connectivity index (χ2n) is 7.23. The summed E-state index contributed by atoms with van der Waals surface area (Å²) >= 11 is 0. The van der Waals surface area contributed by atoms with E-state index >= 15 is 0 Å². The first-order valence-corrected chi connectivity index (χ1v) is 9.45. The lowest BCUT2D eigenvalue weighted by Gasteiger charge is -2.35. The molecule has 1 atom stereocenters. The molecule has 134 valence electrons. The highest BCUT2D eigenvalue weighted by Crippen LogP contribution is 2.31. The third-order valence-corrected chi connectivity index (χ3v) is 5.57. The third kappa shape index (κ3) is 3.54. The summed E-state index contributed by atoms with van der Waals surface area (Å²) in [5.41, 5.74) is 1.25. The normalized spacial score (nSPS) is 21.1. The van der Waals surface area contributed by atoms with Gasteiger partial charge in [-0.05, 0) is 50.2 Å². The maximum absolute atomic E-state index is 5.70. The van der Waals surface area contributed by atoms with Gasteiger partial charge in [0.25, 0.3) is 0 Å². The van der Waals surface area contributed by atoms with Gasteiger partial charge in [0.2, 0.25) is 5.95 Å². The summed E-state index contributed by atoms with van der Waals surface area (Å²) in [5, 5.41) is 9.16. The molecule has 3 heterocycles. The van der Waals surface area contributed by atoms with Gasteiger partial charge in [0.05, 0.1) is 6.61 Å². The Morgan fingerprint density at radius 2 is 2.16 bits per heavy atom. The minimum atomic E-state index is 0.360. The van der Waals surface area contributed by atoms with Crippen molar-refractivity contribution in [2.24, 2.45) is 0 Å². The molecule has 6 heteroatoms. The van der Waals surface area contributed by atoms with Crippen LogP contribution in [-0.2, 0) is 17.7 Å². The van der Waals surface area contributed by atoms with Crippen LogP contribution >= 0.6 is 0 Å². The number of aryl methyl sites for hydroxylation is 1. The van der Waals surface area contributed by atoms with Gasteiger partial charge in [-0.15, -0.1) is 10.2 Å². The van der Waals surface area contributed by atoms with Gasteiger partial charge in [0, 0.05) is 44.6 Å². The number of anilines is 1. The van der Waals surface area contributed by atoms with E-state index in [2.05, 4.69) is 37.8 Å². The highest BCUT2D eigenvalue weighted by molar-refractivity contribution is 5.33. The Hall–Kier alpha value is -1.95. The van der Waals surface area contributed by atoms with Crippen LogP contribution in [0.1, 0.15) is 49.4 Å². The first-order valence-electron chi connectivity index (χ1n) is 9.45. The number of hydrogen-bond donors (Lipinski definition) is 0. The Bertz CT molecular complexity index is 657. The average Bonchev–Trinajstić information content (AvgIpc) is 3.04. The van der Waals surface area contributed by atoms with E-state index in [1.807, 2.05) is 18.5 Å². The Balaban J connectivity index is 1.58. The molecule has 1 unspecified atom stereocenters. The van der Waals surface area contributed by atoms with E-state index in [9.17, 15) is 0 Å². The molecule has 1 aliphatic carbocycles. The van der Waals surface area contributed by atoms with E-state index in [1.54, 1.807) is 0 Å². The molecule has 0 N–H and O–H groups in total. The molecule has 2 fully saturated rings. The molecule has 25 heavy (non-hydrogen) atoms. The minimum absolute atomic E-state index is 0.360. The van der Waals surface area contributed by atoms with E-state index in [1.165, 1.54) is 24.8 Å². The van der Waals surface area contributed by atoms with Gasteiger partial charge in [-0.25, -0.2) is 0 Å². The van der Waals surface area contributed by atoms with Crippen LogP contribution in [0.25, 0.3) is 0 Å². The molecule has 0 aromatic carbocycles. The van der Waals surface area contributed by atoms with Crippen LogP contribution in [0.4, 0.5) is 5.95 Å². The lowest BCUT2D eigenvalue weighted by molar-refractivity contribution is 0.0769. The molecular formula is C19H27N5O. The zero-order valence-corrected chi connectivity index (χ0v) is 15.0. The van der Waals surface area contributed by atoms with Gasteiger partial charge in [0.1, 0.15) is 5.82 Å². The summed E-state index contributed by atoms with van der Waals surface area (Å²) < 4.78 is 8.02. The van der Waals surface area contributed by atoms with Crippen LogP contribution in [0.2, 0.25) is 0 Å². The van der Waals surface area contributed by atoms with Crippen LogP contribution < -0.4 is 4.90 Å². The highest BCUT2D eigenvalue weighted by Gasteiger charge is 2.29. The predicted molar refractivity (Wildman–Crippen MR) is 96.8 cm³/mol. The Morgan fingerprint density at radius 1 is 1.24 bits per heavy atom. The van der Waals surface area contributed by atoms with E-state index in [4.69, 9.17) is 4.74 Å². The second kappa shape index (κ2) is 7.52. The number of rotatable bonds is 6. The van der Waals surface area contributed by atoms with Crippen LogP contribution in [0, 0.1) is 0 Å². The fourth-order valence-corrected chi connectivity index (χ4v) is 3.75. The van der Waals surface area contributed by atoms with E-state index < -0.39 is 0 Å². The van der Waals surface area contributed by atoms with E-state index in [-0.39, 0.29) is 0 Å². The number of pyridine rings is 1. The molecular weight excluding hydrogens is 314 g/mol. The number of aromatic nitrogens is 4. The monoisotopic (exact) mass is 341 g/mol. The lowest BCUT2D eigenvalue weighted by Crippen LogP contribution is -2.39. The van der Waals surface area contributed by atoms with Crippen molar-refractivity contribution >= 4 is 5.95 Å². The van der Waals surface area contributed by atoms with Crippen molar-refractivity contribution in [3.8, 4) is 0 Å². The fourth-order valence-electron chi connectivity index (χ4n) is 3.75. The average molecular weight is 341 g/mol. The zero-order valence-electron chi connectivity index (χ0n) is 15.0. The molecule has 6 nitrogen and oxygen atoms in total. The SMILES string of the molecule is CN(c1nnc(C2CCCOC2)n1CCc1cccnc1)C1CCC1. The number of ether oxygens (including phenoxy) is 1.